The van der Waals surface area contributed by atoms with Gasteiger partial charge in [-0.3, -0.25) is 0 Å². The van der Waals surface area contributed by atoms with Crippen molar-refractivity contribution >= 4 is 37.5 Å². The average molecular weight is 309 g/mol. The second-order valence-electron chi connectivity index (χ2n) is 3.83. The normalized spacial score (nSPS) is 11.2. The van der Waals surface area contributed by atoms with Gasteiger partial charge < -0.3 is 4.52 Å². The molecule has 0 aliphatic rings. The van der Waals surface area contributed by atoms with Gasteiger partial charge in [0.2, 0.25) is 0 Å². The zero-order chi connectivity index (χ0) is 11.8. The van der Waals surface area contributed by atoms with Gasteiger partial charge in [-0.15, -0.1) is 11.3 Å². The Labute approximate surface area is 111 Å². The van der Waals surface area contributed by atoms with Crippen LogP contribution < -0.4 is 0 Å². The summed E-state index contributed by atoms with van der Waals surface area (Å²) in [4.78, 5) is 4.57. The van der Waals surface area contributed by atoms with Gasteiger partial charge >= 0.3 is 0 Å². The maximum absolute atomic E-state index is 5.20. The molecule has 0 bridgehead atoms. The second-order valence-corrected chi connectivity index (χ2v) is 5.86. The minimum Gasteiger partial charge on any atom is -0.361 e. The fourth-order valence-corrected chi connectivity index (χ4v) is 3.20. The molecular formula is C12H9BrN2OS. The van der Waals surface area contributed by atoms with E-state index in [-0.39, 0.29) is 0 Å². The quantitative estimate of drug-likeness (QED) is 0.719. The molecule has 0 amide bonds. The highest BCUT2D eigenvalue weighted by molar-refractivity contribution is 9.10. The lowest BCUT2D eigenvalue weighted by Crippen LogP contribution is -1.82. The van der Waals surface area contributed by atoms with Crippen molar-refractivity contribution in [3.63, 3.8) is 0 Å². The Hall–Kier alpha value is -1.20. The van der Waals surface area contributed by atoms with Crippen LogP contribution in [0.15, 0.2) is 33.3 Å². The van der Waals surface area contributed by atoms with E-state index in [1.54, 1.807) is 11.3 Å². The molecular weight excluding hydrogens is 300 g/mol. The van der Waals surface area contributed by atoms with Gasteiger partial charge in [0, 0.05) is 10.5 Å². The molecule has 0 atom stereocenters. The third kappa shape index (κ3) is 2.25. The van der Waals surface area contributed by atoms with Gasteiger partial charge in [-0.2, -0.15) is 0 Å². The van der Waals surface area contributed by atoms with E-state index in [1.807, 2.05) is 25.1 Å². The molecule has 17 heavy (non-hydrogen) atoms. The van der Waals surface area contributed by atoms with Crippen LogP contribution in [-0.4, -0.2) is 10.1 Å². The Morgan fingerprint density at radius 2 is 2.24 bits per heavy atom. The molecule has 0 radical (unpaired) electrons. The van der Waals surface area contributed by atoms with E-state index in [0.29, 0.717) is 6.42 Å². The highest BCUT2D eigenvalue weighted by atomic mass is 79.9. The number of benzene rings is 1. The zero-order valence-corrected chi connectivity index (χ0v) is 11.5. The first-order valence-electron chi connectivity index (χ1n) is 5.18. The molecule has 1 aromatic carbocycles. The minimum atomic E-state index is 0.706. The van der Waals surface area contributed by atoms with Gasteiger partial charge in [-0.1, -0.05) is 21.1 Å². The standard InChI is InChI=1S/C12H9BrN2OS/c1-7-4-9(16-15-7)6-12-14-10-3-2-8(13)5-11(10)17-12/h2-5H,6H2,1H3. The largest absolute Gasteiger partial charge is 0.361 e. The van der Waals surface area contributed by atoms with Crippen molar-refractivity contribution in [3.05, 3.63) is 45.2 Å². The molecule has 3 nitrogen and oxygen atoms in total. The van der Waals surface area contributed by atoms with E-state index in [4.69, 9.17) is 4.52 Å². The number of nitrogens with zero attached hydrogens (tertiary/aromatic N) is 2. The molecule has 0 aliphatic carbocycles. The number of hydrogen-bond donors (Lipinski definition) is 0. The van der Waals surface area contributed by atoms with Crippen LogP contribution in [0.5, 0.6) is 0 Å². The topological polar surface area (TPSA) is 38.9 Å². The fourth-order valence-electron chi connectivity index (χ4n) is 1.67. The molecule has 0 saturated heterocycles. The Kier molecular flexibility index (Phi) is 2.72. The summed E-state index contributed by atoms with van der Waals surface area (Å²) in [7, 11) is 0. The predicted octanol–water partition coefficient (Wildman–Crippen LogP) is 3.95. The SMILES string of the molecule is Cc1cc(Cc2nc3ccc(Br)cc3s2)on1. The van der Waals surface area contributed by atoms with Crippen LogP contribution in [-0.2, 0) is 6.42 Å². The van der Waals surface area contributed by atoms with Crippen LogP contribution in [0.3, 0.4) is 0 Å². The first-order chi connectivity index (χ1) is 8.20. The van der Waals surface area contributed by atoms with Crippen LogP contribution in [0.2, 0.25) is 0 Å². The highest BCUT2D eigenvalue weighted by Crippen LogP contribution is 2.26. The Balaban J connectivity index is 1.95. The summed E-state index contributed by atoms with van der Waals surface area (Å²) >= 11 is 5.15. The van der Waals surface area contributed by atoms with Crippen molar-refractivity contribution in [2.24, 2.45) is 0 Å². The molecule has 3 aromatic rings. The van der Waals surface area contributed by atoms with Crippen molar-refractivity contribution in [2.75, 3.05) is 0 Å². The Morgan fingerprint density at radius 1 is 1.35 bits per heavy atom. The summed E-state index contributed by atoms with van der Waals surface area (Å²) < 4.78 is 7.46. The molecule has 3 rings (SSSR count). The van der Waals surface area contributed by atoms with E-state index < -0.39 is 0 Å². The fraction of sp³-hybridized carbons (Fsp3) is 0.167. The predicted molar refractivity (Wildman–Crippen MR) is 71.4 cm³/mol. The number of halogens is 1. The molecule has 0 aliphatic heterocycles. The highest BCUT2D eigenvalue weighted by Gasteiger charge is 2.08. The maximum Gasteiger partial charge on any atom is 0.143 e. The molecule has 0 spiro atoms. The summed E-state index contributed by atoms with van der Waals surface area (Å²) in [5, 5.41) is 4.93. The molecule has 2 aromatic heterocycles. The van der Waals surface area contributed by atoms with Crippen molar-refractivity contribution in [2.45, 2.75) is 13.3 Å². The summed E-state index contributed by atoms with van der Waals surface area (Å²) in [5.74, 6) is 0.862. The van der Waals surface area contributed by atoms with Crippen molar-refractivity contribution < 1.29 is 4.52 Å². The lowest BCUT2D eigenvalue weighted by atomic mass is 10.3. The summed E-state index contributed by atoms with van der Waals surface area (Å²) in [6.07, 6.45) is 0.706. The van der Waals surface area contributed by atoms with E-state index >= 15 is 0 Å². The molecule has 86 valence electrons. The van der Waals surface area contributed by atoms with Gasteiger partial charge in [-0.05, 0) is 25.1 Å². The Morgan fingerprint density at radius 3 is 3.00 bits per heavy atom. The molecule has 0 fully saturated rings. The summed E-state index contributed by atoms with van der Waals surface area (Å²) in [6, 6.07) is 8.06. The molecule has 5 heteroatoms. The second kappa shape index (κ2) is 4.23. The number of hydrogen-bond acceptors (Lipinski definition) is 4. The monoisotopic (exact) mass is 308 g/mol. The van der Waals surface area contributed by atoms with Crippen molar-refractivity contribution in [1.29, 1.82) is 0 Å². The maximum atomic E-state index is 5.20. The lowest BCUT2D eigenvalue weighted by Gasteiger charge is -1.87. The first kappa shape index (κ1) is 10.9. The first-order valence-corrected chi connectivity index (χ1v) is 6.79. The zero-order valence-electron chi connectivity index (χ0n) is 9.11. The van der Waals surface area contributed by atoms with E-state index in [2.05, 4.69) is 32.1 Å². The van der Waals surface area contributed by atoms with E-state index in [0.717, 1.165) is 26.5 Å². The van der Waals surface area contributed by atoms with Crippen LogP contribution in [0.4, 0.5) is 0 Å². The summed E-state index contributed by atoms with van der Waals surface area (Å²) in [5.41, 5.74) is 1.94. The van der Waals surface area contributed by atoms with Crippen LogP contribution in [0.25, 0.3) is 10.2 Å². The van der Waals surface area contributed by atoms with Crippen molar-refractivity contribution in [1.82, 2.24) is 10.1 Å². The van der Waals surface area contributed by atoms with Crippen LogP contribution in [0, 0.1) is 6.92 Å². The lowest BCUT2D eigenvalue weighted by molar-refractivity contribution is 0.385. The summed E-state index contributed by atoms with van der Waals surface area (Å²) in [6.45, 7) is 1.92. The third-order valence-corrected chi connectivity index (χ3v) is 3.91. The van der Waals surface area contributed by atoms with Gasteiger partial charge in [0.1, 0.15) is 10.8 Å². The molecule has 0 N–H and O–H groups in total. The van der Waals surface area contributed by atoms with E-state index in [9.17, 15) is 0 Å². The number of aromatic nitrogens is 2. The van der Waals surface area contributed by atoms with Gasteiger partial charge in [0.15, 0.2) is 0 Å². The van der Waals surface area contributed by atoms with E-state index in [1.165, 1.54) is 4.70 Å². The Bertz CT molecular complexity index is 674. The number of fused-ring (bicyclic) bond motifs is 1. The minimum absolute atomic E-state index is 0.706. The van der Waals surface area contributed by atoms with Gasteiger partial charge in [0.05, 0.1) is 22.3 Å². The van der Waals surface area contributed by atoms with Crippen LogP contribution >= 0.6 is 27.3 Å². The molecule has 0 unspecified atom stereocenters. The third-order valence-electron chi connectivity index (χ3n) is 2.40. The average Bonchev–Trinajstić information content (AvgIpc) is 2.84. The molecule has 2 heterocycles. The number of aryl methyl sites for hydroxylation is 1. The van der Waals surface area contributed by atoms with Gasteiger partial charge in [0.25, 0.3) is 0 Å². The van der Waals surface area contributed by atoms with Crippen molar-refractivity contribution in [3.8, 4) is 0 Å². The molecule has 0 saturated carbocycles. The van der Waals surface area contributed by atoms with Gasteiger partial charge in [-0.25, -0.2) is 4.98 Å². The number of thiazole rings is 1. The smallest absolute Gasteiger partial charge is 0.143 e. The van der Waals surface area contributed by atoms with Crippen LogP contribution in [0.1, 0.15) is 16.5 Å². The number of rotatable bonds is 2.